The van der Waals surface area contributed by atoms with Gasteiger partial charge in [-0.3, -0.25) is 10.1 Å². The number of halogens is 1. The largest absolute Gasteiger partial charge is 0.444 e. The summed E-state index contributed by atoms with van der Waals surface area (Å²) >= 11 is 5.83. The molecule has 1 N–H and O–H groups in total. The summed E-state index contributed by atoms with van der Waals surface area (Å²) in [6.07, 6.45) is 0.835. The van der Waals surface area contributed by atoms with Gasteiger partial charge in [0.05, 0.1) is 4.92 Å². The first-order chi connectivity index (χ1) is 11.2. The normalized spacial score (nSPS) is 25.2. The van der Waals surface area contributed by atoms with Gasteiger partial charge in [0.15, 0.2) is 0 Å². The Morgan fingerprint density at radius 1 is 1.46 bits per heavy atom. The van der Waals surface area contributed by atoms with Gasteiger partial charge in [-0.1, -0.05) is 11.6 Å². The number of hydrogen-bond donors (Lipinski definition) is 1. The molecule has 24 heavy (non-hydrogen) atoms. The summed E-state index contributed by atoms with van der Waals surface area (Å²) in [7, 11) is 0. The minimum Gasteiger partial charge on any atom is -0.444 e. The Kier molecular flexibility index (Phi) is 4.03. The number of nitro groups is 1. The number of likely N-dealkylation sites (tertiary alicyclic amines) is 1. The standard InChI is InChI=1S/C15H19ClN4O4/c1-15(2,3)24-14(21)19-6-8-9(7-19)13(8)18-10-4-12(16)17-5-11(10)20(22)23/h4-5,8-9,13H,6-7H2,1-3H3,(H,17,18)/t8-,9+,13?. The van der Waals surface area contributed by atoms with Crippen LogP contribution in [0.25, 0.3) is 0 Å². The fourth-order valence-electron chi connectivity index (χ4n) is 3.08. The summed E-state index contributed by atoms with van der Waals surface area (Å²) in [6, 6.07) is 1.56. The number of piperidine rings is 1. The smallest absolute Gasteiger partial charge is 0.410 e. The molecule has 0 spiro atoms. The van der Waals surface area contributed by atoms with E-state index < -0.39 is 10.5 Å². The Hall–Kier alpha value is -2.09. The minimum atomic E-state index is -0.518. The maximum atomic E-state index is 12.0. The van der Waals surface area contributed by atoms with Crippen LogP contribution in [0.2, 0.25) is 5.15 Å². The molecule has 1 aromatic heterocycles. The molecule has 3 rings (SSSR count). The van der Waals surface area contributed by atoms with Crippen molar-refractivity contribution in [3.63, 3.8) is 0 Å². The number of pyridine rings is 1. The zero-order valence-corrected chi connectivity index (χ0v) is 14.4. The van der Waals surface area contributed by atoms with E-state index in [0.29, 0.717) is 18.8 Å². The van der Waals surface area contributed by atoms with Crippen LogP contribution in [0.3, 0.4) is 0 Å². The van der Waals surface area contributed by atoms with Crippen LogP contribution in [0.4, 0.5) is 16.2 Å². The van der Waals surface area contributed by atoms with Crippen molar-refractivity contribution in [3.05, 3.63) is 27.5 Å². The quantitative estimate of drug-likeness (QED) is 0.509. The lowest BCUT2D eigenvalue weighted by molar-refractivity contribution is -0.384. The number of hydrogen-bond acceptors (Lipinski definition) is 6. The molecular weight excluding hydrogens is 336 g/mol. The van der Waals surface area contributed by atoms with Crippen molar-refractivity contribution in [2.75, 3.05) is 18.4 Å². The van der Waals surface area contributed by atoms with Gasteiger partial charge in [-0.05, 0) is 20.8 Å². The molecule has 1 aliphatic heterocycles. The van der Waals surface area contributed by atoms with Gasteiger partial charge in [-0.25, -0.2) is 9.78 Å². The van der Waals surface area contributed by atoms with Crippen LogP contribution >= 0.6 is 11.6 Å². The van der Waals surface area contributed by atoms with Crippen LogP contribution in [0.5, 0.6) is 0 Å². The van der Waals surface area contributed by atoms with Gasteiger partial charge >= 0.3 is 11.8 Å². The first-order valence-electron chi connectivity index (χ1n) is 7.70. The van der Waals surface area contributed by atoms with Crippen molar-refractivity contribution in [1.82, 2.24) is 9.88 Å². The van der Waals surface area contributed by atoms with Crippen molar-refractivity contribution in [2.24, 2.45) is 11.8 Å². The maximum absolute atomic E-state index is 12.0. The first kappa shape index (κ1) is 16.8. The van der Waals surface area contributed by atoms with Crippen molar-refractivity contribution in [3.8, 4) is 0 Å². The zero-order chi connectivity index (χ0) is 17.6. The zero-order valence-electron chi connectivity index (χ0n) is 13.7. The van der Waals surface area contributed by atoms with Crippen LogP contribution in [-0.2, 0) is 4.74 Å². The van der Waals surface area contributed by atoms with Gasteiger partial charge in [0.2, 0.25) is 0 Å². The topological polar surface area (TPSA) is 97.6 Å². The maximum Gasteiger partial charge on any atom is 0.410 e. The lowest BCUT2D eigenvalue weighted by Crippen LogP contribution is -2.38. The number of nitrogens with zero attached hydrogens (tertiary/aromatic N) is 3. The third-order valence-electron chi connectivity index (χ3n) is 4.21. The summed E-state index contributed by atoms with van der Waals surface area (Å²) in [5.41, 5.74) is -0.257. The second-order valence-electron chi connectivity index (χ2n) is 7.16. The second-order valence-corrected chi connectivity index (χ2v) is 7.55. The summed E-state index contributed by atoms with van der Waals surface area (Å²) in [5.74, 6) is 0.535. The monoisotopic (exact) mass is 354 g/mol. The van der Waals surface area contributed by atoms with E-state index in [1.807, 2.05) is 20.8 Å². The second kappa shape index (κ2) is 5.77. The van der Waals surface area contributed by atoms with Crippen molar-refractivity contribution < 1.29 is 14.5 Å². The van der Waals surface area contributed by atoms with E-state index in [9.17, 15) is 14.9 Å². The van der Waals surface area contributed by atoms with Crippen molar-refractivity contribution in [1.29, 1.82) is 0 Å². The molecule has 2 fully saturated rings. The minimum absolute atomic E-state index is 0.0980. The van der Waals surface area contributed by atoms with Gasteiger partial charge in [0.25, 0.3) is 0 Å². The van der Waals surface area contributed by atoms with Gasteiger partial charge in [-0.15, -0.1) is 0 Å². The molecule has 9 heteroatoms. The van der Waals surface area contributed by atoms with E-state index in [2.05, 4.69) is 10.3 Å². The highest BCUT2D eigenvalue weighted by atomic mass is 35.5. The van der Waals surface area contributed by atoms with E-state index in [1.54, 1.807) is 4.90 Å². The molecule has 0 radical (unpaired) electrons. The number of anilines is 1. The first-order valence-corrected chi connectivity index (χ1v) is 8.08. The van der Waals surface area contributed by atoms with E-state index >= 15 is 0 Å². The Balaban J connectivity index is 1.60. The molecule has 2 heterocycles. The van der Waals surface area contributed by atoms with Gasteiger partial charge < -0.3 is 15.0 Å². The highest BCUT2D eigenvalue weighted by Crippen LogP contribution is 2.48. The van der Waals surface area contributed by atoms with Crippen LogP contribution in [-0.4, -0.2) is 45.6 Å². The molecule has 1 aromatic rings. The highest BCUT2D eigenvalue weighted by Gasteiger charge is 2.57. The third kappa shape index (κ3) is 3.38. The van der Waals surface area contributed by atoms with Crippen LogP contribution in [0, 0.1) is 22.0 Å². The van der Waals surface area contributed by atoms with E-state index in [1.165, 1.54) is 6.07 Å². The molecule has 0 bridgehead atoms. The summed E-state index contributed by atoms with van der Waals surface area (Å²) in [5, 5.41) is 14.4. The molecule has 3 atom stereocenters. The SMILES string of the molecule is CC(C)(C)OC(=O)N1C[C@@H]2C(Nc3cc(Cl)ncc3[N+](=O)[O-])[C@@H]2C1. The molecule has 1 saturated carbocycles. The summed E-state index contributed by atoms with van der Waals surface area (Å²) < 4.78 is 5.36. The predicted octanol–water partition coefficient (Wildman–Crippen LogP) is 2.92. The molecule has 1 unspecified atom stereocenters. The lowest BCUT2D eigenvalue weighted by Gasteiger charge is -2.26. The van der Waals surface area contributed by atoms with Gasteiger partial charge in [0, 0.05) is 37.0 Å². The number of nitrogens with one attached hydrogen (secondary N) is 1. The molecule has 1 aliphatic carbocycles. The molecule has 0 aromatic carbocycles. The van der Waals surface area contributed by atoms with Gasteiger partial charge in [0.1, 0.15) is 22.6 Å². The number of carbonyl (C=O) groups excluding carboxylic acids is 1. The molecule has 2 aliphatic rings. The third-order valence-corrected chi connectivity index (χ3v) is 4.42. The van der Waals surface area contributed by atoms with Gasteiger partial charge in [-0.2, -0.15) is 0 Å². The Labute approximate surface area is 144 Å². The van der Waals surface area contributed by atoms with E-state index in [4.69, 9.17) is 16.3 Å². The fraction of sp³-hybridized carbons (Fsp3) is 0.600. The molecule has 1 amide bonds. The Bertz CT molecular complexity index is 679. The summed E-state index contributed by atoms with van der Waals surface area (Å²) in [4.78, 5) is 28.1. The predicted molar refractivity (Wildman–Crippen MR) is 88.1 cm³/mol. The number of carbonyl (C=O) groups is 1. The fourth-order valence-corrected chi connectivity index (χ4v) is 3.24. The number of rotatable bonds is 3. The number of aromatic nitrogens is 1. The summed E-state index contributed by atoms with van der Waals surface area (Å²) in [6.45, 7) is 6.67. The lowest BCUT2D eigenvalue weighted by atomic mass is 10.2. The molecule has 1 saturated heterocycles. The Morgan fingerprint density at radius 2 is 2.08 bits per heavy atom. The molecular formula is C15H19ClN4O4. The Morgan fingerprint density at radius 3 is 2.62 bits per heavy atom. The van der Waals surface area contributed by atoms with E-state index in [0.717, 1.165) is 6.20 Å². The van der Waals surface area contributed by atoms with Crippen LogP contribution in [0.15, 0.2) is 12.3 Å². The number of amides is 1. The van der Waals surface area contributed by atoms with Crippen LogP contribution in [0.1, 0.15) is 20.8 Å². The van der Waals surface area contributed by atoms with Crippen LogP contribution < -0.4 is 5.32 Å². The molecule has 8 nitrogen and oxygen atoms in total. The van der Waals surface area contributed by atoms with E-state index in [-0.39, 0.29) is 34.8 Å². The van der Waals surface area contributed by atoms with Crippen molar-refractivity contribution in [2.45, 2.75) is 32.4 Å². The van der Waals surface area contributed by atoms with Crippen molar-refractivity contribution >= 4 is 29.1 Å². The average molecular weight is 355 g/mol. The molecule has 130 valence electrons. The number of fused-ring (bicyclic) bond motifs is 1. The highest BCUT2D eigenvalue weighted by molar-refractivity contribution is 6.29. The number of ether oxygens (including phenoxy) is 1. The average Bonchev–Trinajstić information content (AvgIpc) is 2.90.